The molecule has 0 saturated heterocycles. The smallest absolute Gasteiger partial charge is 0.161 e. The highest BCUT2D eigenvalue weighted by Gasteiger charge is 2.17. The topological polar surface area (TPSA) is 12.5 Å². The summed E-state index contributed by atoms with van der Waals surface area (Å²) < 4.78 is 5.80. The summed E-state index contributed by atoms with van der Waals surface area (Å²) in [5.74, 6) is 1.02. The van der Waals surface area contributed by atoms with Crippen molar-refractivity contribution in [2.24, 2.45) is 0 Å². The van der Waals surface area contributed by atoms with Gasteiger partial charge >= 0.3 is 0 Å². The van der Waals surface area contributed by atoms with Crippen molar-refractivity contribution in [1.82, 2.24) is 0 Å². The first-order valence-corrected chi connectivity index (χ1v) is 5.92. The number of rotatable bonds is 1. The molecule has 0 bridgehead atoms. The quantitative estimate of drug-likeness (QED) is 0.727. The van der Waals surface area contributed by atoms with Gasteiger partial charge < -0.3 is 9.64 Å². The summed E-state index contributed by atoms with van der Waals surface area (Å²) in [5.41, 5.74) is 2.47. The predicted octanol–water partition coefficient (Wildman–Crippen LogP) is 3.25. The number of allylic oxidation sites excluding steroid dienone is 3. The van der Waals surface area contributed by atoms with E-state index in [1.807, 2.05) is 6.07 Å². The highest BCUT2D eigenvalue weighted by Crippen LogP contribution is 2.24. The Balaban J connectivity index is 1.86. The Morgan fingerprint density at radius 3 is 2.71 bits per heavy atom. The standard InChI is InChI=1S/C15H15NO/c1-3-7-13-11-16(12-17-15(13)10-6-1)14-8-4-2-5-9-14/h2-10H,1,11-12H2. The average Bonchev–Trinajstić information content (AvgIpc) is 2.64. The number of hydrogen-bond donors (Lipinski definition) is 0. The second-order valence-electron chi connectivity index (χ2n) is 4.24. The lowest BCUT2D eigenvalue weighted by Crippen LogP contribution is -2.32. The summed E-state index contributed by atoms with van der Waals surface area (Å²) >= 11 is 0. The monoisotopic (exact) mass is 225 g/mol. The number of nitrogens with zero attached hydrogens (tertiary/aromatic N) is 1. The molecule has 2 aliphatic rings. The number of hydrogen-bond acceptors (Lipinski definition) is 2. The molecule has 0 atom stereocenters. The molecule has 1 aromatic rings. The molecule has 1 aromatic carbocycles. The molecule has 0 amide bonds. The zero-order chi connectivity index (χ0) is 11.5. The van der Waals surface area contributed by atoms with Gasteiger partial charge in [-0.2, -0.15) is 0 Å². The van der Waals surface area contributed by atoms with Crippen molar-refractivity contribution in [2.75, 3.05) is 18.2 Å². The van der Waals surface area contributed by atoms with Gasteiger partial charge in [-0.25, -0.2) is 0 Å². The van der Waals surface area contributed by atoms with Crippen molar-refractivity contribution in [3.63, 3.8) is 0 Å². The van der Waals surface area contributed by atoms with E-state index in [9.17, 15) is 0 Å². The average molecular weight is 225 g/mol. The van der Waals surface area contributed by atoms with E-state index in [4.69, 9.17) is 4.74 Å². The van der Waals surface area contributed by atoms with Gasteiger partial charge in [0.05, 0.1) is 0 Å². The minimum atomic E-state index is 0.626. The largest absolute Gasteiger partial charge is 0.473 e. The van der Waals surface area contributed by atoms with Crippen LogP contribution in [0.15, 0.2) is 66.0 Å². The van der Waals surface area contributed by atoms with Gasteiger partial charge in [-0.05, 0) is 24.6 Å². The van der Waals surface area contributed by atoms with Gasteiger partial charge in [0.1, 0.15) is 5.76 Å². The maximum atomic E-state index is 5.80. The third-order valence-electron chi connectivity index (χ3n) is 3.04. The molecule has 17 heavy (non-hydrogen) atoms. The van der Waals surface area contributed by atoms with Crippen LogP contribution in [0.4, 0.5) is 5.69 Å². The number of anilines is 1. The highest BCUT2D eigenvalue weighted by molar-refractivity contribution is 5.50. The lowest BCUT2D eigenvalue weighted by Gasteiger charge is -2.30. The summed E-state index contributed by atoms with van der Waals surface area (Å²) in [5, 5.41) is 0. The van der Waals surface area contributed by atoms with Gasteiger partial charge in [-0.15, -0.1) is 0 Å². The minimum absolute atomic E-state index is 0.626. The van der Waals surface area contributed by atoms with Crippen molar-refractivity contribution in [3.05, 3.63) is 66.0 Å². The lowest BCUT2D eigenvalue weighted by molar-refractivity contribution is 0.208. The van der Waals surface area contributed by atoms with Crippen molar-refractivity contribution in [3.8, 4) is 0 Å². The first-order chi connectivity index (χ1) is 8.43. The van der Waals surface area contributed by atoms with Crippen molar-refractivity contribution < 1.29 is 4.74 Å². The molecule has 0 unspecified atom stereocenters. The van der Waals surface area contributed by atoms with E-state index in [0.717, 1.165) is 18.7 Å². The van der Waals surface area contributed by atoms with Crippen LogP contribution < -0.4 is 4.90 Å². The molecule has 0 N–H and O–H groups in total. The van der Waals surface area contributed by atoms with Gasteiger partial charge in [0, 0.05) is 17.8 Å². The van der Waals surface area contributed by atoms with Crippen LogP contribution in [-0.2, 0) is 4.74 Å². The summed E-state index contributed by atoms with van der Waals surface area (Å²) in [4.78, 5) is 2.24. The maximum absolute atomic E-state index is 5.80. The molecule has 0 spiro atoms. The Kier molecular flexibility index (Phi) is 2.70. The Morgan fingerprint density at radius 2 is 1.82 bits per heavy atom. The molecule has 0 fully saturated rings. The predicted molar refractivity (Wildman–Crippen MR) is 69.7 cm³/mol. The molecular formula is C15H15NO. The molecule has 1 heterocycles. The van der Waals surface area contributed by atoms with Gasteiger partial charge in [-0.1, -0.05) is 36.4 Å². The molecule has 0 aromatic heterocycles. The third kappa shape index (κ3) is 2.11. The normalized spacial score (nSPS) is 18.7. The fourth-order valence-corrected chi connectivity index (χ4v) is 2.13. The summed E-state index contributed by atoms with van der Waals surface area (Å²) in [7, 11) is 0. The Labute approximate surface area is 102 Å². The molecule has 1 aliphatic carbocycles. The van der Waals surface area contributed by atoms with E-state index < -0.39 is 0 Å². The van der Waals surface area contributed by atoms with Crippen molar-refractivity contribution in [2.45, 2.75) is 6.42 Å². The molecule has 0 radical (unpaired) electrons. The SMILES string of the molecule is C1=CC2=C(C=CC1)OCN(c1ccccc1)C2. The van der Waals surface area contributed by atoms with Crippen LogP contribution in [0, 0.1) is 0 Å². The van der Waals surface area contributed by atoms with Crippen LogP contribution >= 0.6 is 0 Å². The fourth-order valence-electron chi connectivity index (χ4n) is 2.13. The van der Waals surface area contributed by atoms with Crippen molar-refractivity contribution >= 4 is 5.69 Å². The van der Waals surface area contributed by atoms with E-state index in [-0.39, 0.29) is 0 Å². The van der Waals surface area contributed by atoms with E-state index in [1.165, 1.54) is 11.3 Å². The fraction of sp³-hybridized carbons (Fsp3) is 0.200. The van der Waals surface area contributed by atoms with E-state index in [0.29, 0.717) is 6.73 Å². The molecular weight excluding hydrogens is 210 g/mol. The maximum Gasteiger partial charge on any atom is 0.161 e. The molecule has 2 nitrogen and oxygen atoms in total. The number of ether oxygens (including phenoxy) is 1. The molecule has 3 rings (SSSR count). The first-order valence-electron chi connectivity index (χ1n) is 5.92. The van der Waals surface area contributed by atoms with Crippen LogP contribution in [0.5, 0.6) is 0 Å². The van der Waals surface area contributed by atoms with E-state index >= 15 is 0 Å². The first kappa shape index (κ1) is 10.2. The minimum Gasteiger partial charge on any atom is -0.473 e. The Hall–Kier alpha value is -1.96. The van der Waals surface area contributed by atoms with Crippen LogP contribution in [0.2, 0.25) is 0 Å². The van der Waals surface area contributed by atoms with Gasteiger partial charge in [0.2, 0.25) is 0 Å². The molecule has 2 heteroatoms. The van der Waals surface area contributed by atoms with Crippen molar-refractivity contribution in [1.29, 1.82) is 0 Å². The van der Waals surface area contributed by atoms with Crippen LogP contribution in [0.25, 0.3) is 0 Å². The third-order valence-corrected chi connectivity index (χ3v) is 3.04. The summed E-state index contributed by atoms with van der Waals surface area (Å²) in [6.07, 6.45) is 9.55. The summed E-state index contributed by atoms with van der Waals surface area (Å²) in [6, 6.07) is 10.4. The van der Waals surface area contributed by atoms with Crippen LogP contribution in [-0.4, -0.2) is 13.3 Å². The Morgan fingerprint density at radius 1 is 1.00 bits per heavy atom. The molecule has 1 aliphatic heterocycles. The molecule has 0 saturated carbocycles. The zero-order valence-electron chi connectivity index (χ0n) is 9.67. The summed E-state index contributed by atoms with van der Waals surface area (Å²) in [6.45, 7) is 1.54. The van der Waals surface area contributed by atoms with Crippen LogP contribution in [0.1, 0.15) is 6.42 Å². The van der Waals surface area contributed by atoms with Gasteiger partial charge in [0.15, 0.2) is 6.73 Å². The second-order valence-corrected chi connectivity index (χ2v) is 4.24. The van der Waals surface area contributed by atoms with E-state index in [1.54, 1.807) is 0 Å². The second kappa shape index (κ2) is 4.50. The Bertz CT molecular complexity index is 485. The zero-order valence-corrected chi connectivity index (χ0v) is 9.67. The van der Waals surface area contributed by atoms with Crippen LogP contribution in [0.3, 0.4) is 0 Å². The number of benzene rings is 1. The van der Waals surface area contributed by atoms with Gasteiger partial charge in [-0.3, -0.25) is 0 Å². The highest BCUT2D eigenvalue weighted by atomic mass is 16.5. The van der Waals surface area contributed by atoms with Gasteiger partial charge in [0.25, 0.3) is 0 Å². The van der Waals surface area contributed by atoms with E-state index in [2.05, 4.69) is 53.5 Å². The lowest BCUT2D eigenvalue weighted by atomic mass is 10.1. The molecule has 86 valence electrons. The number of para-hydroxylation sites is 1.